The molecule has 0 aromatic heterocycles. The Morgan fingerprint density at radius 1 is 1.56 bits per heavy atom. The molecule has 102 valence electrons. The topological polar surface area (TPSA) is 66.4 Å². The van der Waals surface area contributed by atoms with Gasteiger partial charge in [0.1, 0.15) is 5.78 Å². The van der Waals surface area contributed by atoms with Gasteiger partial charge in [0.15, 0.2) is 5.78 Å². The lowest BCUT2D eigenvalue weighted by atomic mass is 9.89. The van der Waals surface area contributed by atoms with Crippen molar-refractivity contribution in [2.45, 2.75) is 57.6 Å². The van der Waals surface area contributed by atoms with Crippen molar-refractivity contribution in [2.75, 3.05) is 6.54 Å². The van der Waals surface area contributed by atoms with E-state index in [1.165, 1.54) is 0 Å². The lowest BCUT2D eigenvalue weighted by Crippen LogP contribution is -2.43. The van der Waals surface area contributed by atoms with Crippen LogP contribution in [0.25, 0.3) is 0 Å². The third-order valence-electron chi connectivity index (χ3n) is 4.61. The van der Waals surface area contributed by atoms with Crippen molar-refractivity contribution in [3.8, 4) is 0 Å². The predicted molar refractivity (Wildman–Crippen MR) is 68.2 cm³/mol. The third-order valence-corrected chi connectivity index (χ3v) is 4.61. The fourth-order valence-electron chi connectivity index (χ4n) is 3.24. The second kappa shape index (κ2) is 5.10. The van der Waals surface area contributed by atoms with Crippen LogP contribution in [0.1, 0.15) is 46.0 Å². The molecule has 1 saturated heterocycles. The molecule has 0 aromatic carbocycles. The lowest BCUT2D eigenvalue weighted by Gasteiger charge is -2.22. The molecule has 2 rings (SSSR count). The van der Waals surface area contributed by atoms with Crippen molar-refractivity contribution in [2.24, 2.45) is 11.8 Å². The Balaban J connectivity index is 1.93. The highest BCUT2D eigenvalue weighted by atomic mass is 16.3. The van der Waals surface area contributed by atoms with Gasteiger partial charge in [-0.3, -0.25) is 9.59 Å². The van der Waals surface area contributed by atoms with E-state index in [1.807, 2.05) is 0 Å². The zero-order valence-corrected chi connectivity index (χ0v) is 11.2. The van der Waals surface area contributed by atoms with Crippen LogP contribution in [0.5, 0.6) is 0 Å². The summed E-state index contributed by atoms with van der Waals surface area (Å²) >= 11 is 0. The Hall–Kier alpha value is -0.740. The molecule has 0 bridgehead atoms. The summed E-state index contributed by atoms with van der Waals surface area (Å²) in [5.74, 6) is 0.199. The molecule has 4 heteroatoms. The second-order valence-electron chi connectivity index (χ2n) is 6.01. The Labute approximate surface area is 108 Å². The molecule has 18 heavy (non-hydrogen) atoms. The molecule has 1 heterocycles. The number of aliphatic hydroxyl groups is 1. The Morgan fingerprint density at radius 3 is 2.83 bits per heavy atom. The number of nitrogens with one attached hydrogen (secondary N) is 1. The van der Waals surface area contributed by atoms with Gasteiger partial charge in [-0.15, -0.1) is 0 Å². The first kappa shape index (κ1) is 13.7. The first-order chi connectivity index (χ1) is 8.44. The number of carbonyl (C=O) groups excluding carboxylic acids is 2. The standard InChI is InChI=1S/C14H23NO3/c1-9(10(2)16)12(17)6-11-7-13(18)14(8-11)4-3-5-15-14/h9-11,15-16H,3-8H2,1-2H3. The molecule has 0 amide bonds. The van der Waals surface area contributed by atoms with Gasteiger partial charge in [0, 0.05) is 18.8 Å². The van der Waals surface area contributed by atoms with E-state index in [1.54, 1.807) is 13.8 Å². The van der Waals surface area contributed by atoms with Gasteiger partial charge in [-0.25, -0.2) is 0 Å². The van der Waals surface area contributed by atoms with E-state index in [9.17, 15) is 14.7 Å². The highest BCUT2D eigenvalue weighted by Crippen LogP contribution is 2.39. The number of Topliss-reactive ketones (excluding diaryl/α,β-unsaturated/α-hetero) is 2. The van der Waals surface area contributed by atoms with Gasteiger partial charge >= 0.3 is 0 Å². The zero-order chi connectivity index (χ0) is 13.3. The van der Waals surface area contributed by atoms with Crippen LogP contribution in [-0.2, 0) is 9.59 Å². The Bertz CT molecular complexity index is 345. The molecule has 2 N–H and O–H groups in total. The van der Waals surface area contributed by atoms with Gasteiger partial charge in [0.25, 0.3) is 0 Å². The van der Waals surface area contributed by atoms with E-state index in [-0.39, 0.29) is 28.9 Å². The fraction of sp³-hybridized carbons (Fsp3) is 0.857. The molecule has 0 aromatic rings. The van der Waals surface area contributed by atoms with Crippen LogP contribution in [0.4, 0.5) is 0 Å². The van der Waals surface area contributed by atoms with Crippen LogP contribution in [0.3, 0.4) is 0 Å². The van der Waals surface area contributed by atoms with Gasteiger partial charge in [-0.05, 0) is 38.6 Å². The first-order valence-corrected chi connectivity index (χ1v) is 6.94. The molecule has 0 radical (unpaired) electrons. The van der Waals surface area contributed by atoms with Crippen molar-refractivity contribution in [1.29, 1.82) is 0 Å². The van der Waals surface area contributed by atoms with Crippen LogP contribution in [-0.4, -0.2) is 34.9 Å². The average Bonchev–Trinajstić information content (AvgIpc) is 2.87. The number of hydrogen-bond donors (Lipinski definition) is 2. The van der Waals surface area contributed by atoms with Gasteiger partial charge in [0.2, 0.25) is 0 Å². The number of aliphatic hydroxyl groups excluding tert-OH is 1. The van der Waals surface area contributed by atoms with Crippen molar-refractivity contribution in [3.05, 3.63) is 0 Å². The molecule has 4 unspecified atom stereocenters. The molecule has 1 spiro atoms. The van der Waals surface area contributed by atoms with Gasteiger partial charge in [-0.2, -0.15) is 0 Å². The number of rotatable bonds is 4. The normalized spacial score (nSPS) is 35.1. The highest BCUT2D eigenvalue weighted by Gasteiger charge is 2.48. The monoisotopic (exact) mass is 253 g/mol. The Kier molecular flexibility index (Phi) is 3.87. The summed E-state index contributed by atoms with van der Waals surface area (Å²) < 4.78 is 0. The number of ketones is 2. The molecule has 4 atom stereocenters. The summed E-state index contributed by atoms with van der Waals surface area (Å²) in [5.41, 5.74) is -0.320. The maximum Gasteiger partial charge on any atom is 0.153 e. The van der Waals surface area contributed by atoms with E-state index in [0.717, 1.165) is 25.8 Å². The van der Waals surface area contributed by atoms with Crippen LogP contribution in [0.15, 0.2) is 0 Å². The predicted octanol–water partition coefficient (Wildman–Crippen LogP) is 1.06. The minimum atomic E-state index is -0.604. The van der Waals surface area contributed by atoms with Crippen LogP contribution in [0, 0.1) is 11.8 Å². The SMILES string of the molecule is CC(O)C(C)C(=O)CC1CC(=O)C2(CCCN2)C1. The third kappa shape index (κ3) is 2.50. The van der Waals surface area contributed by atoms with Gasteiger partial charge < -0.3 is 10.4 Å². The van der Waals surface area contributed by atoms with E-state index < -0.39 is 6.10 Å². The van der Waals surface area contributed by atoms with Crippen LogP contribution >= 0.6 is 0 Å². The van der Waals surface area contributed by atoms with Crippen molar-refractivity contribution >= 4 is 11.6 Å². The van der Waals surface area contributed by atoms with Crippen molar-refractivity contribution < 1.29 is 14.7 Å². The molecule has 4 nitrogen and oxygen atoms in total. The Morgan fingerprint density at radius 2 is 2.28 bits per heavy atom. The first-order valence-electron chi connectivity index (χ1n) is 6.94. The second-order valence-corrected chi connectivity index (χ2v) is 6.01. The number of carbonyl (C=O) groups is 2. The minimum absolute atomic E-state index is 0.0813. The largest absolute Gasteiger partial charge is 0.393 e. The summed E-state index contributed by atoms with van der Waals surface area (Å²) in [7, 11) is 0. The minimum Gasteiger partial charge on any atom is -0.393 e. The maximum atomic E-state index is 12.1. The molecule has 1 saturated carbocycles. The van der Waals surface area contributed by atoms with Crippen molar-refractivity contribution in [1.82, 2.24) is 5.32 Å². The fourth-order valence-corrected chi connectivity index (χ4v) is 3.24. The van der Waals surface area contributed by atoms with E-state index in [4.69, 9.17) is 0 Å². The molecular weight excluding hydrogens is 230 g/mol. The smallest absolute Gasteiger partial charge is 0.153 e. The van der Waals surface area contributed by atoms with E-state index in [2.05, 4.69) is 5.32 Å². The quantitative estimate of drug-likeness (QED) is 0.786. The van der Waals surface area contributed by atoms with E-state index >= 15 is 0 Å². The summed E-state index contributed by atoms with van der Waals surface area (Å²) in [4.78, 5) is 24.0. The summed E-state index contributed by atoms with van der Waals surface area (Å²) in [6.07, 6.45) is 3.11. The molecule has 2 aliphatic rings. The number of hydrogen-bond acceptors (Lipinski definition) is 4. The molecular formula is C14H23NO3. The lowest BCUT2D eigenvalue weighted by molar-refractivity contribution is -0.126. The van der Waals surface area contributed by atoms with Crippen LogP contribution < -0.4 is 5.32 Å². The summed E-state index contributed by atoms with van der Waals surface area (Å²) in [6, 6.07) is 0. The summed E-state index contributed by atoms with van der Waals surface area (Å²) in [5, 5.41) is 12.7. The van der Waals surface area contributed by atoms with Crippen molar-refractivity contribution in [3.63, 3.8) is 0 Å². The van der Waals surface area contributed by atoms with Crippen LogP contribution in [0.2, 0.25) is 0 Å². The maximum absolute atomic E-state index is 12.1. The molecule has 1 aliphatic heterocycles. The van der Waals surface area contributed by atoms with Gasteiger partial charge in [0.05, 0.1) is 11.6 Å². The molecule has 1 aliphatic carbocycles. The highest BCUT2D eigenvalue weighted by molar-refractivity contribution is 5.92. The van der Waals surface area contributed by atoms with Gasteiger partial charge in [-0.1, -0.05) is 6.92 Å². The van der Waals surface area contributed by atoms with E-state index in [0.29, 0.717) is 12.8 Å². The molecule has 2 fully saturated rings. The summed E-state index contributed by atoms with van der Waals surface area (Å²) in [6.45, 7) is 4.31. The zero-order valence-electron chi connectivity index (χ0n) is 11.2. The average molecular weight is 253 g/mol.